The number of halogens is 1. The normalized spacial score (nSPS) is 11.6. The Hall–Kier alpha value is -2.18. The quantitative estimate of drug-likeness (QED) is 0.789. The molecule has 2 amide bonds. The Kier molecular flexibility index (Phi) is 6.52. The fraction of sp³-hybridized carbons (Fsp3) is 0.222. The van der Waals surface area contributed by atoms with Crippen molar-refractivity contribution in [1.82, 2.24) is 0 Å². The van der Waals surface area contributed by atoms with Crippen molar-refractivity contribution in [3.05, 3.63) is 58.6 Å². The van der Waals surface area contributed by atoms with Gasteiger partial charge in [0.2, 0.25) is 5.91 Å². The van der Waals surface area contributed by atoms with Gasteiger partial charge in [0.05, 0.1) is 0 Å². The standard InChI is InChI=1S/C18H19BrN2O3/c1-12-4-3-5-16(10-12)20-17(22)11-24-13(2)18(23)21-15-8-6-14(19)7-9-15/h3-10,13H,11H2,1-2H3,(H,20,22)(H,21,23). The molecule has 6 heteroatoms. The molecular formula is C18H19BrN2O3. The summed E-state index contributed by atoms with van der Waals surface area (Å²) >= 11 is 3.33. The summed E-state index contributed by atoms with van der Waals surface area (Å²) in [5, 5.41) is 5.47. The Balaban J connectivity index is 1.79. The fourth-order valence-corrected chi connectivity index (χ4v) is 2.24. The van der Waals surface area contributed by atoms with Crippen LogP contribution in [-0.2, 0) is 14.3 Å². The zero-order valence-corrected chi connectivity index (χ0v) is 15.1. The number of carbonyl (C=O) groups is 2. The summed E-state index contributed by atoms with van der Waals surface area (Å²) in [5.74, 6) is -0.607. The van der Waals surface area contributed by atoms with Crippen molar-refractivity contribution in [2.45, 2.75) is 20.0 Å². The van der Waals surface area contributed by atoms with E-state index in [9.17, 15) is 9.59 Å². The molecule has 0 saturated heterocycles. The molecule has 1 atom stereocenters. The van der Waals surface area contributed by atoms with E-state index in [0.717, 1.165) is 10.0 Å². The van der Waals surface area contributed by atoms with E-state index in [1.807, 2.05) is 37.3 Å². The first-order valence-corrected chi connectivity index (χ1v) is 8.28. The summed E-state index contributed by atoms with van der Waals surface area (Å²) in [6.07, 6.45) is -0.739. The van der Waals surface area contributed by atoms with Gasteiger partial charge in [-0.05, 0) is 55.8 Å². The minimum atomic E-state index is -0.739. The van der Waals surface area contributed by atoms with E-state index in [-0.39, 0.29) is 18.4 Å². The van der Waals surface area contributed by atoms with Crippen molar-refractivity contribution in [2.75, 3.05) is 17.2 Å². The molecule has 0 heterocycles. The Labute approximate surface area is 149 Å². The van der Waals surface area contributed by atoms with Crippen LogP contribution in [0.2, 0.25) is 0 Å². The summed E-state index contributed by atoms with van der Waals surface area (Å²) in [5.41, 5.74) is 2.43. The summed E-state index contributed by atoms with van der Waals surface area (Å²) < 4.78 is 6.26. The van der Waals surface area contributed by atoms with Gasteiger partial charge in [0.25, 0.3) is 5.91 Å². The van der Waals surface area contributed by atoms with Crippen LogP contribution in [0.25, 0.3) is 0 Å². The predicted octanol–water partition coefficient (Wildman–Crippen LogP) is 3.74. The molecule has 0 aromatic heterocycles. The highest BCUT2D eigenvalue weighted by Crippen LogP contribution is 2.14. The molecule has 2 N–H and O–H groups in total. The molecule has 0 aliphatic carbocycles. The number of aryl methyl sites for hydroxylation is 1. The van der Waals surface area contributed by atoms with Gasteiger partial charge in [-0.15, -0.1) is 0 Å². The molecule has 2 rings (SSSR count). The van der Waals surface area contributed by atoms with E-state index in [4.69, 9.17) is 4.74 Å². The van der Waals surface area contributed by atoms with Crippen LogP contribution in [0.15, 0.2) is 53.0 Å². The third-order valence-corrected chi connectivity index (χ3v) is 3.78. The van der Waals surface area contributed by atoms with E-state index in [1.54, 1.807) is 25.1 Å². The predicted molar refractivity (Wildman–Crippen MR) is 98.0 cm³/mol. The monoisotopic (exact) mass is 390 g/mol. The lowest BCUT2D eigenvalue weighted by molar-refractivity contribution is -0.131. The molecule has 0 radical (unpaired) electrons. The van der Waals surface area contributed by atoms with Crippen molar-refractivity contribution >= 4 is 39.1 Å². The van der Waals surface area contributed by atoms with Crippen molar-refractivity contribution in [3.8, 4) is 0 Å². The van der Waals surface area contributed by atoms with Crippen molar-refractivity contribution in [2.24, 2.45) is 0 Å². The highest BCUT2D eigenvalue weighted by atomic mass is 79.9. The van der Waals surface area contributed by atoms with Crippen molar-refractivity contribution in [1.29, 1.82) is 0 Å². The first-order valence-electron chi connectivity index (χ1n) is 7.48. The van der Waals surface area contributed by atoms with Gasteiger partial charge in [-0.25, -0.2) is 0 Å². The summed E-state index contributed by atoms with van der Waals surface area (Å²) in [7, 11) is 0. The number of ether oxygens (including phenoxy) is 1. The third kappa shape index (κ3) is 5.79. The summed E-state index contributed by atoms with van der Waals surface area (Å²) in [4.78, 5) is 23.9. The Bertz CT molecular complexity index is 716. The number of nitrogens with one attached hydrogen (secondary N) is 2. The first kappa shape index (κ1) is 18.2. The summed E-state index contributed by atoms with van der Waals surface area (Å²) in [6, 6.07) is 14.7. The van der Waals surface area contributed by atoms with Crippen LogP contribution >= 0.6 is 15.9 Å². The number of benzene rings is 2. The molecule has 2 aromatic rings. The van der Waals surface area contributed by atoms with Crippen LogP contribution in [0.1, 0.15) is 12.5 Å². The number of anilines is 2. The largest absolute Gasteiger partial charge is 0.359 e. The molecule has 0 fully saturated rings. The lowest BCUT2D eigenvalue weighted by Crippen LogP contribution is -2.31. The number of hydrogen-bond acceptors (Lipinski definition) is 3. The molecule has 5 nitrogen and oxygen atoms in total. The number of rotatable bonds is 6. The maximum absolute atomic E-state index is 12.0. The van der Waals surface area contributed by atoms with Crippen molar-refractivity contribution in [3.63, 3.8) is 0 Å². The minimum absolute atomic E-state index is 0.192. The van der Waals surface area contributed by atoms with E-state index in [1.165, 1.54) is 0 Å². The Morgan fingerprint density at radius 2 is 1.79 bits per heavy atom. The average Bonchev–Trinajstić information content (AvgIpc) is 2.54. The number of carbonyl (C=O) groups excluding carboxylic acids is 2. The molecule has 2 aromatic carbocycles. The van der Waals surface area contributed by atoms with E-state index < -0.39 is 6.10 Å². The lowest BCUT2D eigenvalue weighted by atomic mass is 10.2. The number of hydrogen-bond donors (Lipinski definition) is 2. The van der Waals surface area contributed by atoms with Crippen LogP contribution in [0.3, 0.4) is 0 Å². The number of amides is 2. The second-order valence-corrected chi connectivity index (χ2v) is 6.28. The Morgan fingerprint density at radius 1 is 1.08 bits per heavy atom. The lowest BCUT2D eigenvalue weighted by Gasteiger charge is -2.13. The highest BCUT2D eigenvalue weighted by molar-refractivity contribution is 9.10. The molecule has 0 spiro atoms. The minimum Gasteiger partial charge on any atom is -0.359 e. The van der Waals surface area contributed by atoms with E-state index >= 15 is 0 Å². The smallest absolute Gasteiger partial charge is 0.253 e. The molecule has 0 saturated carbocycles. The van der Waals surface area contributed by atoms with Gasteiger partial charge < -0.3 is 15.4 Å². The van der Waals surface area contributed by atoms with Gasteiger partial charge in [-0.3, -0.25) is 9.59 Å². The van der Waals surface area contributed by atoms with Crippen LogP contribution in [0.5, 0.6) is 0 Å². The molecule has 1 unspecified atom stereocenters. The van der Waals surface area contributed by atoms with E-state index in [0.29, 0.717) is 11.4 Å². The highest BCUT2D eigenvalue weighted by Gasteiger charge is 2.15. The molecular weight excluding hydrogens is 372 g/mol. The van der Waals surface area contributed by atoms with Crippen LogP contribution < -0.4 is 10.6 Å². The second kappa shape index (κ2) is 8.61. The third-order valence-electron chi connectivity index (χ3n) is 3.25. The molecule has 0 aliphatic heterocycles. The van der Waals surface area contributed by atoms with Gasteiger partial charge >= 0.3 is 0 Å². The van der Waals surface area contributed by atoms with Gasteiger partial charge in [-0.1, -0.05) is 28.1 Å². The molecule has 24 heavy (non-hydrogen) atoms. The SMILES string of the molecule is Cc1cccc(NC(=O)COC(C)C(=O)Nc2ccc(Br)cc2)c1. The van der Waals surface area contributed by atoms with Crippen LogP contribution in [0.4, 0.5) is 11.4 Å². The summed E-state index contributed by atoms with van der Waals surface area (Å²) in [6.45, 7) is 3.36. The van der Waals surface area contributed by atoms with Crippen LogP contribution in [-0.4, -0.2) is 24.5 Å². The van der Waals surface area contributed by atoms with Gasteiger partial charge in [0.1, 0.15) is 12.7 Å². The Morgan fingerprint density at radius 3 is 2.46 bits per heavy atom. The van der Waals surface area contributed by atoms with Gasteiger partial charge in [-0.2, -0.15) is 0 Å². The average molecular weight is 391 g/mol. The maximum Gasteiger partial charge on any atom is 0.253 e. The molecule has 0 bridgehead atoms. The second-order valence-electron chi connectivity index (χ2n) is 5.37. The molecule has 126 valence electrons. The van der Waals surface area contributed by atoms with Crippen LogP contribution in [0, 0.1) is 6.92 Å². The van der Waals surface area contributed by atoms with Gasteiger partial charge in [0.15, 0.2) is 0 Å². The topological polar surface area (TPSA) is 67.4 Å². The fourth-order valence-electron chi connectivity index (χ4n) is 1.97. The zero-order chi connectivity index (χ0) is 17.5. The molecule has 0 aliphatic rings. The van der Waals surface area contributed by atoms with Gasteiger partial charge in [0, 0.05) is 15.8 Å². The van der Waals surface area contributed by atoms with Crippen molar-refractivity contribution < 1.29 is 14.3 Å². The maximum atomic E-state index is 12.0. The zero-order valence-electron chi connectivity index (χ0n) is 13.5. The first-order chi connectivity index (χ1) is 11.4. The van der Waals surface area contributed by atoms with E-state index in [2.05, 4.69) is 26.6 Å².